The Bertz CT molecular complexity index is 933. The van der Waals surface area contributed by atoms with Crippen molar-refractivity contribution in [1.82, 2.24) is 10.2 Å². The predicted molar refractivity (Wildman–Crippen MR) is 122 cm³/mol. The first-order valence-electron chi connectivity index (χ1n) is 10.7. The second kappa shape index (κ2) is 9.59. The molecular formula is C26H29N3O. The van der Waals surface area contributed by atoms with Crippen LogP contribution in [0.5, 0.6) is 0 Å². The number of amides is 1. The highest BCUT2D eigenvalue weighted by Gasteiger charge is 2.22. The number of fused-ring (bicyclic) bond motifs is 1. The monoisotopic (exact) mass is 399 g/mol. The van der Waals surface area contributed by atoms with Crippen molar-refractivity contribution in [2.75, 3.05) is 18.8 Å². The van der Waals surface area contributed by atoms with Crippen molar-refractivity contribution in [1.29, 1.82) is 0 Å². The molecule has 1 aliphatic rings. The summed E-state index contributed by atoms with van der Waals surface area (Å²) in [5.74, 6) is 0.428. The molecule has 0 saturated carbocycles. The van der Waals surface area contributed by atoms with E-state index in [2.05, 4.69) is 76.9 Å². The van der Waals surface area contributed by atoms with Gasteiger partial charge in [0, 0.05) is 31.2 Å². The number of benzene rings is 3. The Morgan fingerprint density at radius 3 is 2.20 bits per heavy atom. The van der Waals surface area contributed by atoms with Crippen LogP contribution in [0.15, 0.2) is 78.9 Å². The topological polar surface area (TPSA) is 58.4 Å². The first kappa shape index (κ1) is 20.2. The fourth-order valence-corrected chi connectivity index (χ4v) is 4.32. The van der Waals surface area contributed by atoms with Gasteiger partial charge in [0.2, 0.25) is 5.91 Å². The van der Waals surface area contributed by atoms with Gasteiger partial charge in [-0.25, -0.2) is 0 Å². The lowest BCUT2D eigenvalue weighted by molar-refractivity contribution is -0.122. The Morgan fingerprint density at radius 2 is 1.57 bits per heavy atom. The van der Waals surface area contributed by atoms with Crippen molar-refractivity contribution in [2.24, 2.45) is 0 Å². The lowest BCUT2D eigenvalue weighted by Gasteiger charge is -2.19. The zero-order valence-corrected chi connectivity index (χ0v) is 17.3. The molecule has 0 atom stereocenters. The average Bonchev–Trinajstić information content (AvgIpc) is 3.19. The first-order chi connectivity index (χ1) is 14.7. The van der Waals surface area contributed by atoms with E-state index in [1.54, 1.807) is 0 Å². The fraction of sp³-hybridized carbons (Fsp3) is 0.269. The molecule has 1 aliphatic heterocycles. The molecule has 0 bridgehead atoms. The molecule has 4 heteroatoms. The highest BCUT2D eigenvalue weighted by atomic mass is 16.2. The second-order valence-electron chi connectivity index (χ2n) is 8.00. The van der Waals surface area contributed by atoms with Crippen LogP contribution < -0.4 is 11.1 Å². The zero-order valence-electron chi connectivity index (χ0n) is 17.3. The van der Waals surface area contributed by atoms with E-state index < -0.39 is 0 Å². The second-order valence-corrected chi connectivity index (χ2v) is 8.00. The van der Waals surface area contributed by atoms with Gasteiger partial charge in [-0.3, -0.25) is 9.69 Å². The number of carbonyl (C=O) groups is 1. The summed E-state index contributed by atoms with van der Waals surface area (Å²) in [6.45, 7) is 2.64. The maximum Gasteiger partial charge on any atom is 0.234 e. The fourth-order valence-electron chi connectivity index (χ4n) is 4.32. The van der Waals surface area contributed by atoms with Crippen LogP contribution in [0.1, 0.15) is 41.0 Å². The lowest BCUT2D eigenvalue weighted by Crippen LogP contribution is -2.35. The van der Waals surface area contributed by atoms with Gasteiger partial charge in [0.1, 0.15) is 0 Å². The minimum atomic E-state index is 0.0809. The van der Waals surface area contributed by atoms with Crippen LogP contribution in [0.2, 0.25) is 0 Å². The number of nitrogens with one attached hydrogen (secondary N) is 1. The lowest BCUT2D eigenvalue weighted by atomic mass is 9.87. The average molecular weight is 400 g/mol. The molecule has 0 aliphatic carbocycles. The van der Waals surface area contributed by atoms with E-state index in [1.807, 2.05) is 12.1 Å². The molecule has 1 amide bonds. The number of nitrogens with zero attached hydrogens (tertiary/aromatic N) is 1. The predicted octanol–water partition coefficient (Wildman–Crippen LogP) is 4.31. The molecule has 4 nitrogen and oxygen atoms in total. The number of nitrogen functional groups attached to an aromatic ring is 1. The van der Waals surface area contributed by atoms with Crippen molar-refractivity contribution in [3.05, 3.63) is 101 Å². The van der Waals surface area contributed by atoms with Crippen LogP contribution >= 0.6 is 0 Å². The summed E-state index contributed by atoms with van der Waals surface area (Å²) in [5, 5.41) is 3.10. The van der Waals surface area contributed by atoms with E-state index in [4.69, 9.17) is 5.73 Å². The Morgan fingerprint density at radius 1 is 0.900 bits per heavy atom. The number of hydrogen-bond donors (Lipinski definition) is 2. The molecule has 0 aromatic heterocycles. The number of hydrogen-bond acceptors (Lipinski definition) is 3. The van der Waals surface area contributed by atoms with E-state index in [-0.39, 0.29) is 5.91 Å². The van der Waals surface area contributed by atoms with Crippen molar-refractivity contribution in [3.8, 4) is 0 Å². The summed E-state index contributed by atoms with van der Waals surface area (Å²) in [7, 11) is 0. The van der Waals surface area contributed by atoms with E-state index in [9.17, 15) is 4.79 Å². The Hall–Kier alpha value is -3.11. The molecular weight excluding hydrogens is 370 g/mol. The molecule has 1 heterocycles. The van der Waals surface area contributed by atoms with Gasteiger partial charge in [-0.15, -0.1) is 0 Å². The molecule has 30 heavy (non-hydrogen) atoms. The van der Waals surface area contributed by atoms with Crippen molar-refractivity contribution in [2.45, 2.75) is 31.8 Å². The summed E-state index contributed by atoms with van der Waals surface area (Å²) in [4.78, 5) is 14.6. The molecule has 3 aromatic rings. The number of rotatable bonds is 8. The summed E-state index contributed by atoms with van der Waals surface area (Å²) in [6.07, 6.45) is 1.94. The largest absolute Gasteiger partial charge is 0.398 e. The minimum Gasteiger partial charge on any atom is -0.398 e. The van der Waals surface area contributed by atoms with Crippen LogP contribution in [0, 0.1) is 0 Å². The smallest absolute Gasteiger partial charge is 0.234 e. The van der Waals surface area contributed by atoms with Gasteiger partial charge >= 0.3 is 0 Å². The normalized spacial score (nSPS) is 13.4. The molecule has 0 unspecified atom stereocenters. The summed E-state index contributed by atoms with van der Waals surface area (Å²) < 4.78 is 0. The van der Waals surface area contributed by atoms with Gasteiger partial charge < -0.3 is 11.1 Å². The van der Waals surface area contributed by atoms with Crippen LogP contribution in [0.4, 0.5) is 5.69 Å². The van der Waals surface area contributed by atoms with E-state index in [0.29, 0.717) is 19.0 Å². The third kappa shape index (κ3) is 4.89. The molecule has 0 fully saturated rings. The molecule has 0 spiro atoms. The Balaban J connectivity index is 1.26. The summed E-state index contributed by atoms with van der Waals surface area (Å²) >= 11 is 0. The third-order valence-electron chi connectivity index (χ3n) is 5.85. The SMILES string of the molecule is Nc1cccc2c1CN(CC(=O)NCCCC(c1ccccc1)c1ccccc1)C2. The Kier molecular flexibility index (Phi) is 6.45. The quantitative estimate of drug-likeness (QED) is 0.438. The minimum absolute atomic E-state index is 0.0809. The van der Waals surface area contributed by atoms with Gasteiger partial charge in [-0.05, 0) is 41.2 Å². The molecule has 4 rings (SSSR count). The van der Waals surface area contributed by atoms with Crippen molar-refractivity contribution < 1.29 is 4.79 Å². The van der Waals surface area contributed by atoms with E-state index in [0.717, 1.165) is 31.6 Å². The maximum absolute atomic E-state index is 12.4. The van der Waals surface area contributed by atoms with Crippen molar-refractivity contribution in [3.63, 3.8) is 0 Å². The molecule has 3 N–H and O–H groups in total. The number of anilines is 1. The van der Waals surface area contributed by atoms with E-state index in [1.165, 1.54) is 22.3 Å². The third-order valence-corrected chi connectivity index (χ3v) is 5.85. The van der Waals surface area contributed by atoms with Crippen molar-refractivity contribution >= 4 is 11.6 Å². The van der Waals surface area contributed by atoms with Gasteiger partial charge in [0.05, 0.1) is 6.54 Å². The summed E-state index contributed by atoms with van der Waals surface area (Å²) in [6, 6.07) is 27.2. The highest BCUT2D eigenvalue weighted by Crippen LogP contribution is 2.29. The Labute approximate surface area is 178 Å². The van der Waals surface area contributed by atoms with Gasteiger partial charge in [-0.1, -0.05) is 72.8 Å². The first-order valence-corrected chi connectivity index (χ1v) is 10.7. The molecule has 0 saturated heterocycles. The maximum atomic E-state index is 12.4. The molecule has 154 valence electrons. The van der Waals surface area contributed by atoms with Gasteiger partial charge in [0.25, 0.3) is 0 Å². The van der Waals surface area contributed by atoms with E-state index >= 15 is 0 Å². The van der Waals surface area contributed by atoms with Crippen LogP contribution in [0.25, 0.3) is 0 Å². The van der Waals surface area contributed by atoms with Crippen LogP contribution in [-0.2, 0) is 17.9 Å². The van der Waals surface area contributed by atoms with Crippen LogP contribution in [0.3, 0.4) is 0 Å². The number of nitrogens with two attached hydrogens (primary N) is 1. The zero-order chi connectivity index (χ0) is 20.8. The molecule has 3 aromatic carbocycles. The summed E-state index contributed by atoms with van der Waals surface area (Å²) in [5.41, 5.74) is 11.9. The van der Waals surface area contributed by atoms with Crippen LogP contribution in [-0.4, -0.2) is 23.9 Å². The number of carbonyl (C=O) groups excluding carboxylic acids is 1. The molecule has 0 radical (unpaired) electrons. The standard InChI is InChI=1S/C26H29N3O/c27-25-15-7-13-22-17-29(18-24(22)25)19-26(30)28-16-8-14-23(20-9-3-1-4-10-20)21-11-5-2-6-12-21/h1-7,9-13,15,23H,8,14,16-19,27H2,(H,28,30). The highest BCUT2D eigenvalue weighted by molar-refractivity contribution is 5.78. The van der Waals surface area contributed by atoms with Gasteiger partial charge in [-0.2, -0.15) is 0 Å². The van der Waals surface area contributed by atoms with Gasteiger partial charge in [0.15, 0.2) is 0 Å².